The first-order valence-corrected chi connectivity index (χ1v) is 7.90. The van der Waals surface area contributed by atoms with Gasteiger partial charge >= 0.3 is 5.97 Å². The lowest BCUT2D eigenvalue weighted by atomic mass is 10.1. The number of ether oxygens (including phenoxy) is 1. The summed E-state index contributed by atoms with van der Waals surface area (Å²) >= 11 is 0. The highest BCUT2D eigenvalue weighted by Crippen LogP contribution is 2.23. The van der Waals surface area contributed by atoms with E-state index in [1.54, 1.807) is 6.92 Å². The molecule has 1 N–H and O–H groups in total. The van der Waals surface area contributed by atoms with Crippen molar-refractivity contribution in [2.45, 2.75) is 11.8 Å². The van der Waals surface area contributed by atoms with Crippen LogP contribution in [0.5, 0.6) is 0 Å². The quantitative estimate of drug-likeness (QED) is 0.868. The van der Waals surface area contributed by atoms with Crippen LogP contribution in [0.15, 0.2) is 41.3 Å². The Bertz CT molecular complexity index is 866. The molecule has 8 heteroatoms. The number of sulfonamides is 1. The van der Waals surface area contributed by atoms with Crippen molar-refractivity contribution in [1.29, 1.82) is 0 Å². The van der Waals surface area contributed by atoms with Crippen LogP contribution >= 0.6 is 0 Å². The highest BCUT2D eigenvalue weighted by molar-refractivity contribution is 7.92. The molecule has 2 rings (SSSR count). The van der Waals surface area contributed by atoms with Crippen molar-refractivity contribution in [1.82, 2.24) is 0 Å². The van der Waals surface area contributed by atoms with Crippen LogP contribution in [0.2, 0.25) is 0 Å². The van der Waals surface area contributed by atoms with Gasteiger partial charge in [-0.3, -0.25) is 4.72 Å². The van der Waals surface area contributed by atoms with Gasteiger partial charge in [0.25, 0.3) is 10.0 Å². The number of methoxy groups -OCH3 is 1. The molecule has 5 nitrogen and oxygen atoms in total. The summed E-state index contributed by atoms with van der Waals surface area (Å²) in [5.74, 6) is -2.63. The fourth-order valence-electron chi connectivity index (χ4n) is 1.92. The molecule has 0 aromatic heterocycles. The van der Waals surface area contributed by atoms with Gasteiger partial charge in [0, 0.05) is 6.07 Å². The van der Waals surface area contributed by atoms with E-state index in [0.29, 0.717) is 11.6 Å². The van der Waals surface area contributed by atoms with Crippen LogP contribution in [-0.4, -0.2) is 21.5 Å². The van der Waals surface area contributed by atoms with Gasteiger partial charge in [-0.25, -0.2) is 22.0 Å². The summed E-state index contributed by atoms with van der Waals surface area (Å²) in [6, 6.07) is 6.35. The molecule has 23 heavy (non-hydrogen) atoms. The minimum absolute atomic E-state index is 0.168. The number of anilines is 1. The van der Waals surface area contributed by atoms with E-state index in [1.165, 1.54) is 25.3 Å². The zero-order chi connectivity index (χ0) is 17.2. The van der Waals surface area contributed by atoms with E-state index in [9.17, 15) is 22.0 Å². The fourth-order valence-corrected chi connectivity index (χ4v) is 3.11. The SMILES string of the molecule is COC(=O)c1ccc(NS(=O)(=O)c2ccc(F)cc2F)c(C)c1. The molecule has 0 unspecified atom stereocenters. The minimum Gasteiger partial charge on any atom is -0.465 e. The third-order valence-corrected chi connectivity index (χ3v) is 4.47. The average molecular weight is 341 g/mol. The highest BCUT2D eigenvalue weighted by atomic mass is 32.2. The monoisotopic (exact) mass is 341 g/mol. The Balaban J connectivity index is 2.36. The maximum absolute atomic E-state index is 13.6. The van der Waals surface area contributed by atoms with Crippen LogP contribution in [-0.2, 0) is 14.8 Å². The zero-order valence-corrected chi connectivity index (χ0v) is 13.1. The Labute approximate surface area is 132 Å². The fraction of sp³-hybridized carbons (Fsp3) is 0.133. The van der Waals surface area contributed by atoms with E-state index < -0.39 is 32.5 Å². The molecule has 0 radical (unpaired) electrons. The molecule has 0 aliphatic carbocycles. The summed E-state index contributed by atoms with van der Waals surface area (Å²) in [7, 11) is -3.00. The van der Waals surface area contributed by atoms with Crippen molar-refractivity contribution >= 4 is 21.7 Å². The molecule has 0 saturated carbocycles. The van der Waals surface area contributed by atoms with E-state index in [4.69, 9.17) is 0 Å². The number of hydrogen-bond donors (Lipinski definition) is 1. The Morgan fingerprint density at radius 2 is 1.83 bits per heavy atom. The molecular weight excluding hydrogens is 328 g/mol. The predicted octanol–water partition coefficient (Wildman–Crippen LogP) is 2.86. The number of halogens is 2. The van der Waals surface area contributed by atoms with Crippen LogP contribution < -0.4 is 4.72 Å². The van der Waals surface area contributed by atoms with Crippen LogP contribution in [0.25, 0.3) is 0 Å². The molecule has 0 saturated heterocycles. The van der Waals surface area contributed by atoms with Gasteiger partial charge in [0.1, 0.15) is 16.5 Å². The third kappa shape index (κ3) is 3.65. The molecule has 0 atom stereocenters. The Kier molecular flexibility index (Phi) is 4.65. The molecule has 0 amide bonds. The second kappa shape index (κ2) is 6.33. The van der Waals surface area contributed by atoms with E-state index in [1.807, 2.05) is 0 Å². The maximum atomic E-state index is 13.6. The van der Waals surface area contributed by atoms with Gasteiger partial charge in [0.05, 0.1) is 18.4 Å². The van der Waals surface area contributed by atoms with Gasteiger partial charge < -0.3 is 4.74 Å². The van der Waals surface area contributed by atoms with Crippen molar-refractivity contribution in [2.75, 3.05) is 11.8 Å². The van der Waals surface area contributed by atoms with Crippen LogP contribution in [0.3, 0.4) is 0 Å². The van der Waals surface area contributed by atoms with Gasteiger partial charge in [-0.05, 0) is 42.8 Å². The molecule has 122 valence electrons. The lowest BCUT2D eigenvalue weighted by Gasteiger charge is -2.12. The topological polar surface area (TPSA) is 72.5 Å². The summed E-state index contributed by atoms with van der Waals surface area (Å²) < 4.78 is 57.7. The normalized spacial score (nSPS) is 11.1. The summed E-state index contributed by atoms with van der Waals surface area (Å²) in [5.41, 5.74) is 0.862. The minimum atomic E-state index is -4.23. The van der Waals surface area contributed by atoms with Crippen molar-refractivity contribution in [3.63, 3.8) is 0 Å². The number of carbonyl (C=O) groups is 1. The molecular formula is C15H13F2NO4S. The molecule has 2 aromatic carbocycles. The number of hydrogen-bond acceptors (Lipinski definition) is 4. The molecule has 2 aromatic rings. The maximum Gasteiger partial charge on any atom is 0.337 e. The Morgan fingerprint density at radius 1 is 1.13 bits per heavy atom. The molecule has 0 fully saturated rings. The zero-order valence-electron chi connectivity index (χ0n) is 12.3. The van der Waals surface area contributed by atoms with E-state index in [2.05, 4.69) is 9.46 Å². The molecule has 0 bridgehead atoms. The Hall–Kier alpha value is -2.48. The largest absolute Gasteiger partial charge is 0.465 e. The smallest absolute Gasteiger partial charge is 0.337 e. The van der Waals surface area contributed by atoms with Gasteiger partial charge in [-0.2, -0.15) is 0 Å². The third-order valence-electron chi connectivity index (χ3n) is 3.08. The van der Waals surface area contributed by atoms with Crippen molar-refractivity contribution in [2.24, 2.45) is 0 Å². The van der Waals surface area contributed by atoms with Crippen LogP contribution in [0.4, 0.5) is 14.5 Å². The van der Waals surface area contributed by atoms with Gasteiger partial charge in [0.2, 0.25) is 0 Å². The van der Waals surface area contributed by atoms with Crippen molar-refractivity contribution in [3.05, 3.63) is 59.2 Å². The van der Waals surface area contributed by atoms with E-state index in [-0.39, 0.29) is 11.3 Å². The summed E-state index contributed by atoms with van der Waals surface area (Å²) in [6.45, 7) is 1.57. The van der Waals surface area contributed by atoms with Gasteiger partial charge in [0.15, 0.2) is 0 Å². The molecule has 0 aliphatic heterocycles. The average Bonchev–Trinajstić information content (AvgIpc) is 2.47. The number of carbonyl (C=O) groups excluding carboxylic acids is 1. The first-order valence-electron chi connectivity index (χ1n) is 6.41. The standard InChI is InChI=1S/C15H13F2NO4S/c1-9-7-10(15(19)22-2)3-5-13(9)18-23(20,21)14-6-4-11(16)8-12(14)17/h3-8,18H,1-2H3. The van der Waals surface area contributed by atoms with E-state index >= 15 is 0 Å². The van der Waals surface area contributed by atoms with Crippen molar-refractivity contribution in [3.8, 4) is 0 Å². The van der Waals surface area contributed by atoms with Gasteiger partial charge in [-0.15, -0.1) is 0 Å². The summed E-state index contributed by atoms with van der Waals surface area (Å²) in [6.07, 6.45) is 0. The lowest BCUT2D eigenvalue weighted by Crippen LogP contribution is -2.15. The first-order chi connectivity index (χ1) is 10.7. The summed E-state index contributed by atoms with van der Waals surface area (Å²) in [4.78, 5) is 10.7. The Morgan fingerprint density at radius 3 is 2.39 bits per heavy atom. The molecule has 0 heterocycles. The van der Waals surface area contributed by atoms with Crippen LogP contribution in [0, 0.1) is 18.6 Å². The first kappa shape index (κ1) is 16.9. The second-order valence-corrected chi connectivity index (χ2v) is 6.35. The summed E-state index contributed by atoms with van der Waals surface area (Å²) in [5, 5.41) is 0. The number of rotatable bonds is 4. The second-order valence-electron chi connectivity index (χ2n) is 4.70. The predicted molar refractivity (Wildman–Crippen MR) is 79.7 cm³/mol. The number of esters is 1. The van der Waals surface area contributed by atoms with Crippen LogP contribution in [0.1, 0.15) is 15.9 Å². The number of aryl methyl sites for hydroxylation is 1. The molecule has 0 spiro atoms. The lowest BCUT2D eigenvalue weighted by molar-refractivity contribution is 0.0600. The number of benzene rings is 2. The number of nitrogens with one attached hydrogen (secondary N) is 1. The highest BCUT2D eigenvalue weighted by Gasteiger charge is 2.20. The molecule has 0 aliphatic rings. The van der Waals surface area contributed by atoms with Gasteiger partial charge in [-0.1, -0.05) is 0 Å². The van der Waals surface area contributed by atoms with Crippen molar-refractivity contribution < 1.29 is 26.7 Å². The van der Waals surface area contributed by atoms with E-state index in [0.717, 1.165) is 12.1 Å².